The number of nitro groups is 1. The second-order valence-electron chi connectivity index (χ2n) is 6.16. The van der Waals surface area contributed by atoms with Gasteiger partial charge < -0.3 is 0 Å². The third kappa shape index (κ3) is 3.59. The maximum absolute atomic E-state index is 13.0. The van der Waals surface area contributed by atoms with Crippen molar-refractivity contribution in [2.24, 2.45) is 0 Å². The summed E-state index contributed by atoms with van der Waals surface area (Å²) in [6, 6.07) is 8.87. The third-order valence-electron chi connectivity index (χ3n) is 4.37. The van der Waals surface area contributed by atoms with Gasteiger partial charge in [0.1, 0.15) is 5.65 Å². The summed E-state index contributed by atoms with van der Waals surface area (Å²) >= 11 is 6.05. The lowest BCUT2D eigenvalue weighted by Crippen LogP contribution is -2.12. The Morgan fingerprint density at radius 2 is 1.90 bits per heavy atom. The highest BCUT2D eigenvalue weighted by atomic mass is 35.5. The molecule has 4 rings (SSSR count). The molecule has 0 bridgehead atoms. The topological polar surface area (TPSA) is 99.5 Å². The zero-order chi connectivity index (χ0) is 20.1. The fourth-order valence-corrected chi connectivity index (χ4v) is 4.55. The van der Waals surface area contributed by atoms with Gasteiger partial charge in [-0.15, -0.1) is 12.4 Å². The Bertz CT molecular complexity index is 1350. The summed E-state index contributed by atoms with van der Waals surface area (Å²) in [6.45, 7) is 1.59. The average Bonchev–Trinajstić information content (AvgIpc) is 3.28. The SMILES string of the molecule is Cc1ccc([N+](=O)[O-])cc1S(=O)(=O)n1ccc(-c2cnc3ccc(Cl)cn23)c1.Cl. The van der Waals surface area contributed by atoms with Gasteiger partial charge in [0.05, 0.1) is 26.7 Å². The van der Waals surface area contributed by atoms with Crippen LogP contribution in [-0.4, -0.2) is 26.7 Å². The first-order valence-electron chi connectivity index (χ1n) is 8.09. The molecule has 0 N–H and O–H groups in total. The molecule has 0 aliphatic carbocycles. The number of hydrogen-bond donors (Lipinski definition) is 0. The van der Waals surface area contributed by atoms with E-state index >= 15 is 0 Å². The number of imidazole rings is 1. The van der Waals surface area contributed by atoms with E-state index in [-0.39, 0.29) is 23.0 Å². The molecule has 0 unspecified atom stereocenters. The molecule has 0 fully saturated rings. The van der Waals surface area contributed by atoms with E-state index in [0.717, 1.165) is 10.0 Å². The Hall–Kier alpha value is -2.88. The quantitative estimate of drug-likeness (QED) is 0.338. The standard InChI is InChI=1S/C18H13ClN4O4S.ClH/c1-12-2-4-15(23(24)25)8-17(12)28(26,27)21-7-6-13(10-21)16-9-20-18-5-3-14(19)11-22(16)18;/h2-11H,1H3;1H. The van der Waals surface area contributed by atoms with Gasteiger partial charge in [-0.05, 0) is 30.7 Å². The number of halogens is 2. The van der Waals surface area contributed by atoms with Crippen molar-refractivity contribution in [3.63, 3.8) is 0 Å². The van der Waals surface area contributed by atoms with Gasteiger partial charge in [0.2, 0.25) is 0 Å². The minimum absolute atomic E-state index is 0. The molecule has 3 heterocycles. The maximum atomic E-state index is 13.0. The van der Waals surface area contributed by atoms with E-state index in [0.29, 0.717) is 27.5 Å². The lowest BCUT2D eigenvalue weighted by Gasteiger charge is -2.08. The number of aryl methyl sites for hydroxylation is 1. The molecule has 0 aliphatic rings. The number of nitro benzene ring substituents is 1. The summed E-state index contributed by atoms with van der Waals surface area (Å²) in [5.74, 6) is 0. The van der Waals surface area contributed by atoms with Crippen LogP contribution >= 0.6 is 24.0 Å². The highest BCUT2D eigenvalue weighted by molar-refractivity contribution is 7.90. The zero-order valence-corrected chi connectivity index (χ0v) is 17.3. The van der Waals surface area contributed by atoms with Crippen LogP contribution in [0.5, 0.6) is 0 Å². The monoisotopic (exact) mass is 452 g/mol. The number of nitrogens with zero attached hydrogens (tertiary/aromatic N) is 4. The predicted molar refractivity (Wildman–Crippen MR) is 111 cm³/mol. The number of aromatic nitrogens is 3. The van der Waals surface area contributed by atoms with Gasteiger partial charge in [-0.2, -0.15) is 0 Å². The van der Waals surface area contributed by atoms with E-state index in [1.165, 1.54) is 24.5 Å². The molecule has 0 saturated carbocycles. The average molecular weight is 453 g/mol. The van der Waals surface area contributed by atoms with Gasteiger partial charge in [0, 0.05) is 36.3 Å². The Labute approximate surface area is 177 Å². The van der Waals surface area contributed by atoms with Crippen LogP contribution in [0.15, 0.2) is 66.1 Å². The van der Waals surface area contributed by atoms with Gasteiger partial charge in [-0.1, -0.05) is 17.7 Å². The molecule has 0 amide bonds. The van der Waals surface area contributed by atoms with E-state index in [9.17, 15) is 18.5 Å². The van der Waals surface area contributed by atoms with Crippen molar-refractivity contribution in [1.29, 1.82) is 0 Å². The smallest absolute Gasteiger partial charge is 0.270 e. The Balaban J connectivity index is 0.00000240. The third-order valence-corrected chi connectivity index (χ3v) is 6.37. The minimum atomic E-state index is -4.00. The summed E-state index contributed by atoms with van der Waals surface area (Å²) in [6.07, 6.45) is 6.15. The molecule has 0 aliphatic heterocycles. The largest absolute Gasteiger partial charge is 0.298 e. The predicted octanol–water partition coefficient (Wildman–Crippen LogP) is 4.33. The molecule has 4 aromatic rings. The summed E-state index contributed by atoms with van der Waals surface area (Å²) < 4.78 is 28.9. The number of benzene rings is 1. The molecule has 0 atom stereocenters. The number of non-ortho nitro benzene ring substituents is 1. The molecule has 0 spiro atoms. The van der Waals surface area contributed by atoms with E-state index in [1.807, 2.05) is 0 Å². The summed E-state index contributed by atoms with van der Waals surface area (Å²) in [4.78, 5) is 14.6. The second-order valence-corrected chi connectivity index (χ2v) is 8.41. The van der Waals surface area contributed by atoms with Crippen LogP contribution in [0.25, 0.3) is 16.9 Å². The van der Waals surface area contributed by atoms with Gasteiger partial charge in [0.15, 0.2) is 0 Å². The minimum Gasteiger partial charge on any atom is -0.298 e. The molecular formula is C18H14Cl2N4O4S. The molecule has 29 heavy (non-hydrogen) atoms. The van der Waals surface area contributed by atoms with Crippen molar-refractivity contribution in [1.82, 2.24) is 13.4 Å². The molecule has 1 aromatic carbocycles. The van der Waals surface area contributed by atoms with Crippen LogP contribution in [0.2, 0.25) is 5.02 Å². The number of hydrogen-bond acceptors (Lipinski definition) is 5. The Morgan fingerprint density at radius 1 is 1.14 bits per heavy atom. The number of rotatable bonds is 4. The highest BCUT2D eigenvalue weighted by Crippen LogP contribution is 2.27. The first-order valence-corrected chi connectivity index (χ1v) is 9.91. The molecule has 0 saturated heterocycles. The van der Waals surface area contributed by atoms with Crippen molar-refractivity contribution < 1.29 is 13.3 Å². The number of pyridine rings is 1. The normalized spacial score (nSPS) is 11.4. The lowest BCUT2D eigenvalue weighted by molar-refractivity contribution is -0.385. The van der Waals surface area contributed by atoms with Crippen LogP contribution < -0.4 is 0 Å². The molecule has 0 radical (unpaired) electrons. The van der Waals surface area contributed by atoms with Crippen molar-refractivity contribution in [3.8, 4) is 11.3 Å². The molecule has 11 heteroatoms. The fraction of sp³-hybridized carbons (Fsp3) is 0.0556. The highest BCUT2D eigenvalue weighted by Gasteiger charge is 2.23. The lowest BCUT2D eigenvalue weighted by atomic mass is 10.2. The first-order chi connectivity index (χ1) is 13.3. The van der Waals surface area contributed by atoms with Gasteiger partial charge in [-0.3, -0.25) is 14.5 Å². The van der Waals surface area contributed by atoms with E-state index in [4.69, 9.17) is 11.6 Å². The first kappa shape index (κ1) is 20.8. The van der Waals surface area contributed by atoms with Gasteiger partial charge in [-0.25, -0.2) is 17.4 Å². The van der Waals surface area contributed by atoms with Crippen LogP contribution in [0.4, 0.5) is 5.69 Å². The molecule has 3 aromatic heterocycles. The van der Waals surface area contributed by atoms with Crippen molar-refractivity contribution >= 4 is 45.4 Å². The Morgan fingerprint density at radius 3 is 2.62 bits per heavy atom. The van der Waals surface area contributed by atoms with Crippen LogP contribution in [0.3, 0.4) is 0 Å². The van der Waals surface area contributed by atoms with Crippen LogP contribution in [0.1, 0.15) is 5.56 Å². The van der Waals surface area contributed by atoms with Gasteiger partial charge >= 0.3 is 0 Å². The summed E-state index contributed by atoms with van der Waals surface area (Å²) in [5.41, 5.74) is 2.09. The van der Waals surface area contributed by atoms with Crippen molar-refractivity contribution in [2.45, 2.75) is 11.8 Å². The van der Waals surface area contributed by atoms with Crippen molar-refractivity contribution in [3.05, 3.63) is 81.9 Å². The van der Waals surface area contributed by atoms with E-state index in [2.05, 4.69) is 4.98 Å². The van der Waals surface area contributed by atoms with E-state index < -0.39 is 14.9 Å². The summed E-state index contributed by atoms with van der Waals surface area (Å²) in [7, 11) is -4.00. The molecular weight excluding hydrogens is 439 g/mol. The van der Waals surface area contributed by atoms with Crippen LogP contribution in [-0.2, 0) is 10.0 Å². The number of fused-ring (bicyclic) bond motifs is 1. The van der Waals surface area contributed by atoms with Gasteiger partial charge in [0.25, 0.3) is 15.7 Å². The molecule has 150 valence electrons. The zero-order valence-electron chi connectivity index (χ0n) is 14.9. The Kier molecular flexibility index (Phi) is 5.40. The van der Waals surface area contributed by atoms with Crippen molar-refractivity contribution in [2.75, 3.05) is 0 Å². The fourth-order valence-electron chi connectivity index (χ4n) is 2.94. The maximum Gasteiger partial charge on any atom is 0.270 e. The van der Waals surface area contributed by atoms with Crippen LogP contribution in [0, 0.1) is 17.0 Å². The summed E-state index contributed by atoms with van der Waals surface area (Å²) in [5, 5.41) is 11.5. The van der Waals surface area contributed by atoms with E-state index in [1.54, 1.807) is 41.9 Å². The second kappa shape index (κ2) is 7.51. The molecule has 8 nitrogen and oxygen atoms in total.